The van der Waals surface area contributed by atoms with Crippen molar-refractivity contribution in [3.63, 3.8) is 0 Å². The van der Waals surface area contributed by atoms with Gasteiger partial charge in [-0.05, 0) is 25.5 Å². The molecule has 3 N–H and O–H groups in total. The number of hydrogen-bond donors (Lipinski definition) is 2. The number of para-hydroxylation sites is 1. The highest BCUT2D eigenvalue weighted by atomic mass is 16.2. The molecule has 6 nitrogen and oxygen atoms in total. The number of aromatic nitrogens is 1. The SMILES string of the molecule is CC(=O)CC[C@H](NC(=O)c1ccc2ccccc2n1)C(N)=O. The zero-order valence-electron chi connectivity index (χ0n) is 12.2. The summed E-state index contributed by atoms with van der Waals surface area (Å²) in [7, 11) is 0. The fourth-order valence-corrected chi connectivity index (χ4v) is 2.06. The molecule has 2 rings (SSSR count). The normalized spacial score (nSPS) is 11.9. The Balaban J connectivity index is 2.14. The first kappa shape index (κ1) is 15.6. The fraction of sp³-hybridized carbons (Fsp3) is 0.250. The summed E-state index contributed by atoms with van der Waals surface area (Å²) in [5.74, 6) is -1.22. The van der Waals surface area contributed by atoms with E-state index in [9.17, 15) is 14.4 Å². The second-order valence-corrected chi connectivity index (χ2v) is 5.06. The molecule has 1 heterocycles. The average Bonchev–Trinajstić information content (AvgIpc) is 2.50. The van der Waals surface area contributed by atoms with Crippen molar-refractivity contribution < 1.29 is 14.4 Å². The maximum atomic E-state index is 12.2. The van der Waals surface area contributed by atoms with Crippen molar-refractivity contribution in [1.82, 2.24) is 10.3 Å². The topological polar surface area (TPSA) is 102 Å². The number of amides is 2. The largest absolute Gasteiger partial charge is 0.368 e. The number of fused-ring (bicyclic) bond motifs is 1. The van der Waals surface area contributed by atoms with Gasteiger partial charge in [-0.3, -0.25) is 9.59 Å². The Morgan fingerprint density at radius 3 is 2.59 bits per heavy atom. The number of nitrogens with two attached hydrogens (primary N) is 1. The Morgan fingerprint density at radius 2 is 1.91 bits per heavy atom. The second-order valence-electron chi connectivity index (χ2n) is 5.06. The van der Waals surface area contributed by atoms with Crippen molar-refractivity contribution in [2.45, 2.75) is 25.8 Å². The molecule has 0 unspecified atom stereocenters. The first-order valence-corrected chi connectivity index (χ1v) is 6.93. The van der Waals surface area contributed by atoms with E-state index >= 15 is 0 Å². The van der Waals surface area contributed by atoms with Gasteiger partial charge in [0, 0.05) is 11.8 Å². The maximum Gasteiger partial charge on any atom is 0.270 e. The van der Waals surface area contributed by atoms with Crippen molar-refractivity contribution in [2.75, 3.05) is 0 Å². The molecule has 1 aromatic carbocycles. The number of pyridine rings is 1. The average molecular weight is 299 g/mol. The van der Waals surface area contributed by atoms with Gasteiger partial charge in [0.15, 0.2) is 0 Å². The zero-order valence-corrected chi connectivity index (χ0v) is 12.2. The summed E-state index contributed by atoms with van der Waals surface area (Å²) >= 11 is 0. The van der Waals surface area contributed by atoms with E-state index in [1.165, 1.54) is 6.92 Å². The molecule has 0 aliphatic carbocycles. The third-order valence-electron chi connectivity index (χ3n) is 3.26. The van der Waals surface area contributed by atoms with Gasteiger partial charge in [0.2, 0.25) is 5.91 Å². The molecule has 2 amide bonds. The summed E-state index contributed by atoms with van der Waals surface area (Å²) in [6.07, 6.45) is 0.364. The molecular weight excluding hydrogens is 282 g/mol. The highest BCUT2D eigenvalue weighted by Gasteiger charge is 2.20. The fourth-order valence-electron chi connectivity index (χ4n) is 2.06. The minimum Gasteiger partial charge on any atom is -0.368 e. The molecule has 0 spiro atoms. The first-order valence-electron chi connectivity index (χ1n) is 6.93. The molecular formula is C16H17N3O3. The number of benzene rings is 1. The Bertz CT molecular complexity index is 727. The molecule has 0 fully saturated rings. The second kappa shape index (κ2) is 6.80. The molecule has 0 bridgehead atoms. The molecule has 0 aliphatic rings. The van der Waals surface area contributed by atoms with E-state index in [4.69, 9.17) is 5.73 Å². The number of nitrogens with zero attached hydrogens (tertiary/aromatic N) is 1. The maximum absolute atomic E-state index is 12.2. The van der Waals surface area contributed by atoms with E-state index in [1.54, 1.807) is 18.2 Å². The predicted octanol–water partition coefficient (Wildman–Crippen LogP) is 1.19. The van der Waals surface area contributed by atoms with Crippen molar-refractivity contribution >= 4 is 28.5 Å². The van der Waals surface area contributed by atoms with Crippen LogP contribution in [-0.4, -0.2) is 28.6 Å². The molecule has 22 heavy (non-hydrogen) atoms. The van der Waals surface area contributed by atoms with E-state index in [2.05, 4.69) is 10.3 Å². The summed E-state index contributed by atoms with van der Waals surface area (Å²) in [5.41, 5.74) is 6.15. The van der Waals surface area contributed by atoms with Crippen molar-refractivity contribution in [3.8, 4) is 0 Å². The molecule has 0 saturated heterocycles. The lowest BCUT2D eigenvalue weighted by Crippen LogP contribution is -2.44. The van der Waals surface area contributed by atoms with Crippen LogP contribution in [0, 0.1) is 0 Å². The molecule has 1 atom stereocenters. The monoisotopic (exact) mass is 299 g/mol. The molecule has 6 heteroatoms. The number of ketones is 1. The van der Waals surface area contributed by atoms with Crippen molar-refractivity contribution in [1.29, 1.82) is 0 Å². The summed E-state index contributed by atoms with van der Waals surface area (Å²) < 4.78 is 0. The summed E-state index contributed by atoms with van der Waals surface area (Å²) in [4.78, 5) is 38.8. The van der Waals surface area contributed by atoms with Gasteiger partial charge in [0.1, 0.15) is 17.5 Å². The van der Waals surface area contributed by atoms with Crippen molar-refractivity contribution in [2.24, 2.45) is 5.73 Å². The minimum atomic E-state index is -0.885. The Morgan fingerprint density at radius 1 is 1.18 bits per heavy atom. The third-order valence-corrected chi connectivity index (χ3v) is 3.26. The summed E-state index contributed by atoms with van der Waals surface area (Å²) in [6, 6.07) is 9.89. The Kier molecular flexibility index (Phi) is 4.83. The Labute approximate surface area is 127 Å². The lowest BCUT2D eigenvalue weighted by Gasteiger charge is -2.14. The third kappa shape index (κ3) is 3.88. The Hall–Kier alpha value is -2.76. The quantitative estimate of drug-likeness (QED) is 0.836. The van der Waals surface area contributed by atoms with Crippen LogP contribution in [0.4, 0.5) is 0 Å². The van der Waals surface area contributed by atoms with Crippen LogP contribution < -0.4 is 11.1 Å². The van der Waals surface area contributed by atoms with Crippen LogP contribution in [0.1, 0.15) is 30.3 Å². The van der Waals surface area contributed by atoms with Crippen LogP contribution in [0.15, 0.2) is 36.4 Å². The smallest absolute Gasteiger partial charge is 0.270 e. The van der Waals surface area contributed by atoms with E-state index in [0.29, 0.717) is 5.52 Å². The van der Waals surface area contributed by atoms with E-state index in [1.807, 2.05) is 18.2 Å². The van der Waals surface area contributed by atoms with Gasteiger partial charge < -0.3 is 15.8 Å². The highest BCUT2D eigenvalue weighted by Crippen LogP contribution is 2.12. The number of primary amides is 1. The molecule has 0 aliphatic heterocycles. The van der Waals surface area contributed by atoms with Crippen LogP contribution in [0.3, 0.4) is 0 Å². The van der Waals surface area contributed by atoms with Crippen molar-refractivity contribution in [3.05, 3.63) is 42.1 Å². The van der Waals surface area contributed by atoms with Gasteiger partial charge in [-0.15, -0.1) is 0 Å². The standard InChI is InChI=1S/C16H17N3O3/c1-10(20)6-8-13(15(17)21)19-16(22)14-9-7-11-4-2-3-5-12(11)18-14/h2-5,7,9,13H,6,8H2,1H3,(H2,17,21)(H,19,22)/t13-/m0/s1. The van der Waals surface area contributed by atoms with Gasteiger partial charge >= 0.3 is 0 Å². The number of rotatable bonds is 6. The van der Waals surface area contributed by atoms with E-state index in [0.717, 1.165) is 5.39 Å². The minimum absolute atomic E-state index is 0.0654. The van der Waals surface area contributed by atoms with Gasteiger partial charge in [-0.2, -0.15) is 0 Å². The van der Waals surface area contributed by atoms with Gasteiger partial charge in [0.05, 0.1) is 5.52 Å². The number of nitrogens with one attached hydrogen (secondary N) is 1. The molecule has 1 aromatic heterocycles. The van der Waals surface area contributed by atoms with Crippen LogP contribution in [-0.2, 0) is 9.59 Å². The molecule has 114 valence electrons. The number of Topliss-reactive ketones (excluding diaryl/α,β-unsaturated/α-hetero) is 1. The summed E-state index contributed by atoms with van der Waals surface area (Å²) in [6.45, 7) is 1.42. The predicted molar refractivity (Wildman–Crippen MR) is 82.1 cm³/mol. The molecule has 0 saturated carbocycles. The molecule has 0 radical (unpaired) electrons. The van der Waals surface area contributed by atoms with E-state index in [-0.39, 0.29) is 24.3 Å². The zero-order chi connectivity index (χ0) is 16.1. The molecule has 2 aromatic rings. The van der Waals surface area contributed by atoms with Gasteiger partial charge in [-0.1, -0.05) is 24.3 Å². The number of hydrogen-bond acceptors (Lipinski definition) is 4. The number of carbonyl (C=O) groups is 3. The van der Waals surface area contributed by atoms with Crippen LogP contribution in [0.2, 0.25) is 0 Å². The van der Waals surface area contributed by atoms with Crippen LogP contribution >= 0.6 is 0 Å². The van der Waals surface area contributed by atoms with Crippen LogP contribution in [0.5, 0.6) is 0 Å². The lowest BCUT2D eigenvalue weighted by atomic mass is 10.1. The van der Waals surface area contributed by atoms with E-state index < -0.39 is 17.9 Å². The lowest BCUT2D eigenvalue weighted by molar-refractivity contribution is -0.120. The van der Waals surface area contributed by atoms with Gasteiger partial charge in [-0.25, -0.2) is 4.98 Å². The first-order chi connectivity index (χ1) is 10.5. The summed E-state index contributed by atoms with van der Waals surface area (Å²) in [5, 5.41) is 3.44. The van der Waals surface area contributed by atoms with Gasteiger partial charge in [0.25, 0.3) is 5.91 Å². The highest BCUT2D eigenvalue weighted by molar-refractivity contribution is 5.97. The number of carbonyl (C=O) groups excluding carboxylic acids is 3. The van der Waals surface area contributed by atoms with Crippen LogP contribution in [0.25, 0.3) is 10.9 Å².